The summed E-state index contributed by atoms with van der Waals surface area (Å²) in [6.07, 6.45) is 1.74. The van der Waals surface area contributed by atoms with E-state index in [2.05, 4.69) is 4.98 Å². The van der Waals surface area contributed by atoms with Crippen LogP contribution in [0.3, 0.4) is 0 Å². The topological polar surface area (TPSA) is 38.9 Å². The fraction of sp³-hybridized carbons (Fsp3) is 0.0625. The Morgan fingerprint density at radius 2 is 1.85 bits per heavy atom. The molecule has 2 aromatic carbocycles. The molecular formula is C16H12ClFN2. The van der Waals surface area contributed by atoms with Crippen molar-refractivity contribution in [2.45, 2.75) is 6.04 Å². The number of nitrogens with two attached hydrogens (primary N) is 1. The highest BCUT2D eigenvalue weighted by molar-refractivity contribution is 6.30. The van der Waals surface area contributed by atoms with Gasteiger partial charge in [0.15, 0.2) is 0 Å². The Balaban J connectivity index is 2.02. The highest BCUT2D eigenvalue weighted by Crippen LogP contribution is 2.25. The van der Waals surface area contributed by atoms with Gasteiger partial charge in [-0.3, -0.25) is 4.98 Å². The van der Waals surface area contributed by atoms with Crippen molar-refractivity contribution in [3.8, 4) is 0 Å². The lowest BCUT2D eigenvalue weighted by Gasteiger charge is -2.13. The van der Waals surface area contributed by atoms with Gasteiger partial charge in [-0.25, -0.2) is 4.39 Å². The smallest absolute Gasteiger partial charge is 0.141 e. The molecule has 1 atom stereocenters. The Morgan fingerprint density at radius 3 is 2.65 bits per heavy atom. The summed E-state index contributed by atoms with van der Waals surface area (Å²) in [5, 5.41) is 1.10. The summed E-state index contributed by atoms with van der Waals surface area (Å²) in [5.74, 6) is -0.445. The normalized spacial score (nSPS) is 12.6. The van der Waals surface area contributed by atoms with Gasteiger partial charge < -0.3 is 5.73 Å². The highest BCUT2D eigenvalue weighted by Gasteiger charge is 2.12. The molecule has 0 saturated heterocycles. The predicted molar refractivity (Wildman–Crippen MR) is 79.2 cm³/mol. The van der Waals surface area contributed by atoms with Gasteiger partial charge in [0.25, 0.3) is 0 Å². The van der Waals surface area contributed by atoms with Crippen LogP contribution in [-0.2, 0) is 0 Å². The summed E-state index contributed by atoms with van der Waals surface area (Å²) in [5.41, 5.74) is 8.75. The number of benzene rings is 2. The number of hydrogen-bond donors (Lipinski definition) is 1. The maximum Gasteiger partial charge on any atom is 0.141 e. The molecule has 0 aliphatic carbocycles. The van der Waals surface area contributed by atoms with Crippen LogP contribution in [0.5, 0.6) is 0 Å². The second kappa shape index (κ2) is 5.19. The third-order valence-corrected chi connectivity index (χ3v) is 3.56. The first kappa shape index (κ1) is 13.0. The van der Waals surface area contributed by atoms with Gasteiger partial charge in [0.1, 0.15) is 5.82 Å². The maximum absolute atomic E-state index is 13.2. The molecule has 2 nitrogen and oxygen atoms in total. The van der Waals surface area contributed by atoms with E-state index < -0.39 is 5.82 Å². The van der Waals surface area contributed by atoms with Crippen molar-refractivity contribution in [2.24, 2.45) is 5.73 Å². The molecule has 0 radical (unpaired) electrons. The number of pyridine rings is 1. The van der Waals surface area contributed by atoms with Gasteiger partial charge in [-0.1, -0.05) is 35.9 Å². The largest absolute Gasteiger partial charge is 0.320 e. The van der Waals surface area contributed by atoms with E-state index in [0.29, 0.717) is 0 Å². The van der Waals surface area contributed by atoms with Crippen molar-refractivity contribution in [3.63, 3.8) is 0 Å². The van der Waals surface area contributed by atoms with Gasteiger partial charge in [-0.05, 0) is 35.4 Å². The Bertz CT molecular complexity index is 773. The lowest BCUT2D eigenvalue weighted by Crippen LogP contribution is -2.12. The molecule has 0 aliphatic heterocycles. The molecule has 0 fully saturated rings. The standard InChI is InChI=1S/C16H12ClFN2/c17-13-8-11(5-6-14(13)18)16(19)12-7-10-3-1-2-4-15(10)20-9-12/h1-9,16H,19H2. The number of halogens is 2. The van der Waals surface area contributed by atoms with E-state index in [1.54, 1.807) is 18.3 Å². The molecule has 3 rings (SSSR count). The molecule has 20 heavy (non-hydrogen) atoms. The third kappa shape index (κ3) is 2.38. The monoisotopic (exact) mass is 286 g/mol. The summed E-state index contributed by atoms with van der Waals surface area (Å²) >= 11 is 5.79. The average Bonchev–Trinajstić information content (AvgIpc) is 2.49. The molecule has 1 heterocycles. The van der Waals surface area contributed by atoms with Gasteiger partial charge in [-0.15, -0.1) is 0 Å². The van der Waals surface area contributed by atoms with E-state index in [1.807, 2.05) is 30.3 Å². The summed E-state index contributed by atoms with van der Waals surface area (Å²) in [7, 11) is 0. The zero-order chi connectivity index (χ0) is 14.1. The second-order valence-corrected chi connectivity index (χ2v) is 5.02. The molecule has 100 valence electrons. The predicted octanol–water partition coefficient (Wildman–Crippen LogP) is 4.08. The molecule has 1 aromatic heterocycles. The molecule has 0 spiro atoms. The van der Waals surface area contributed by atoms with Crippen LogP contribution in [0.4, 0.5) is 4.39 Å². The van der Waals surface area contributed by atoms with Crippen molar-refractivity contribution in [3.05, 3.63) is 76.7 Å². The molecular weight excluding hydrogens is 275 g/mol. The third-order valence-electron chi connectivity index (χ3n) is 3.27. The minimum Gasteiger partial charge on any atom is -0.320 e. The van der Waals surface area contributed by atoms with Crippen LogP contribution in [0.2, 0.25) is 5.02 Å². The second-order valence-electron chi connectivity index (χ2n) is 4.61. The molecule has 2 N–H and O–H groups in total. The molecule has 0 aliphatic rings. The summed E-state index contributed by atoms with van der Waals surface area (Å²) in [6.45, 7) is 0. The Kier molecular flexibility index (Phi) is 3.38. The first-order valence-corrected chi connectivity index (χ1v) is 6.58. The number of rotatable bonds is 2. The van der Waals surface area contributed by atoms with Crippen LogP contribution in [0.15, 0.2) is 54.7 Å². The Hall–Kier alpha value is -1.97. The molecule has 1 unspecified atom stereocenters. The number of nitrogens with zero attached hydrogens (tertiary/aromatic N) is 1. The van der Waals surface area contributed by atoms with Crippen molar-refractivity contribution >= 4 is 22.5 Å². The molecule has 0 saturated carbocycles. The quantitative estimate of drug-likeness (QED) is 0.771. The van der Waals surface area contributed by atoms with Crippen molar-refractivity contribution in [1.29, 1.82) is 0 Å². The SMILES string of the molecule is NC(c1ccc(F)c(Cl)c1)c1cnc2ccccc2c1. The van der Waals surface area contributed by atoms with Gasteiger partial charge >= 0.3 is 0 Å². The fourth-order valence-corrected chi connectivity index (χ4v) is 2.35. The molecule has 0 amide bonds. The van der Waals surface area contributed by atoms with Crippen LogP contribution in [0.1, 0.15) is 17.2 Å². The Morgan fingerprint density at radius 1 is 1.05 bits per heavy atom. The van der Waals surface area contributed by atoms with Crippen LogP contribution < -0.4 is 5.73 Å². The molecule has 3 aromatic rings. The first-order chi connectivity index (χ1) is 9.65. The van der Waals surface area contributed by atoms with Crippen molar-refractivity contribution in [2.75, 3.05) is 0 Å². The first-order valence-electron chi connectivity index (χ1n) is 6.20. The van der Waals surface area contributed by atoms with Crippen molar-refractivity contribution in [1.82, 2.24) is 4.98 Å². The van der Waals surface area contributed by atoms with Crippen molar-refractivity contribution < 1.29 is 4.39 Å². The highest BCUT2D eigenvalue weighted by atomic mass is 35.5. The number of aromatic nitrogens is 1. The van der Waals surface area contributed by atoms with Crippen LogP contribution in [0, 0.1) is 5.82 Å². The minimum atomic E-state index is -0.445. The van der Waals surface area contributed by atoms with Gasteiger partial charge in [0.05, 0.1) is 16.6 Å². The van der Waals surface area contributed by atoms with Crippen LogP contribution >= 0.6 is 11.6 Å². The molecule has 0 bridgehead atoms. The maximum atomic E-state index is 13.2. The summed E-state index contributed by atoms with van der Waals surface area (Å²) in [4.78, 5) is 4.38. The summed E-state index contributed by atoms with van der Waals surface area (Å²) in [6, 6.07) is 13.9. The number of hydrogen-bond acceptors (Lipinski definition) is 2. The number of fused-ring (bicyclic) bond motifs is 1. The lowest BCUT2D eigenvalue weighted by atomic mass is 10.00. The van der Waals surface area contributed by atoms with E-state index in [-0.39, 0.29) is 11.1 Å². The van der Waals surface area contributed by atoms with Gasteiger partial charge in [0, 0.05) is 11.6 Å². The van der Waals surface area contributed by atoms with E-state index in [0.717, 1.165) is 22.0 Å². The average molecular weight is 287 g/mol. The van der Waals surface area contributed by atoms with E-state index in [9.17, 15) is 4.39 Å². The van der Waals surface area contributed by atoms with Crippen LogP contribution in [0.25, 0.3) is 10.9 Å². The van der Waals surface area contributed by atoms with Gasteiger partial charge in [-0.2, -0.15) is 0 Å². The van der Waals surface area contributed by atoms with E-state index in [4.69, 9.17) is 17.3 Å². The van der Waals surface area contributed by atoms with Crippen LogP contribution in [-0.4, -0.2) is 4.98 Å². The lowest BCUT2D eigenvalue weighted by molar-refractivity contribution is 0.627. The van der Waals surface area contributed by atoms with E-state index >= 15 is 0 Å². The van der Waals surface area contributed by atoms with E-state index in [1.165, 1.54) is 6.07 Å². The fourth-order valence-electron chi connectivity index (χ4n) is 2.16. The zero-order valence-electron chi connectivity index (χ0n) is 10.6. The molecule has 4 heteroatoms. The summed E-state index contributed by atoms with van der Waals surface area (Å²) < 4.78 is 13.2. The van der Waals surface area contributed by atoms with Gasteiger partial charge in [0.2, 0.25) is 0 Å². The number of para-hydroxylation sites is 1. The minimum absolute atomic E-state index is 0.0756. The Labute approximate surface area is 121 Å². The zero-order valence-corrected chi connectivity index (χ0v) is 11.3.